The van der Waals surface area contributed by atoms with Gasteiger partial charge in [-0.15, -0.1) is 0 Å². The van der Waals surface area contributed by atoms with E-state index in [2.05, 4.69) is 85.5 Å². The summed E-state index contributed by atoms with van der Waals surface area (Å²) in [5.74, 6) is 0. The van der Waals surface area contributed by atoms with E-state index in [1.807, 2.05) is 20.8 Å². The molecular weight excluding hydrogens is 486 g/mol. The van der Waals surface area contributed by atoms with Crippen LogP contribution in [0.5, 0.6) is 0 Å². The molecule has 0 radical (unpaired) electrons. The van der Waals surface area contributed by atoms with Crippen molar-refractivity contribution in [3.63, 3.8) is 0 Å². The molecule has 0 spiro atoms. The third-order valence-electron chi connectivity index (χ3n) is 7.35. The summed E-state index contributed by atoms with van der Waals surface area (Å²) in [6.07, 6.45) is 2.99. The van der Waals surface area contributed by atoms with Crippen molar-refractivity contribution in [2.45, 2.75) is 100 Å². The van der Waals surface area contributed by atoms with Crippen LogP contribution >= 0.6 is 0 Å². The van der Waals surface area contributed by atoms with Gasteiger partial charge in [0.15, 0.2) is 0 Å². The highest BCUT2D eigenvalue weighted by Crippen LogP contribution is 2.31. The molecule has 0 atom stereocenters. The van der Waals surface area contributed by atoms with Gasteiger partial charge in [-0.05, 0) is 91.6 Å². The normalized spacial score (nSPS) is 11.5. The van der Waals surface area contributed by atoms with E-state index in [1.54, 1.807) is 0 Å². The minimum absolute atomic E-state index is 0.740. The molecule has 0 aliphatic carbocycles. The van der Waals surface area contributed by atoms with Crippen molar-refractivity contribution >= 4 is 0 Å². The summed E-state index contributed by atoms with van der Waals surface area (Å²) in [5.41, 5.74) is 15.1. The second-order valence-electron chi connectivity index (χ2n) is 10.4. The number of benzene rings is 1. The van der Waals surface area contributed by atoms with Gasteiger partial charge in [-0.25, -0.2) is 0 Å². The summed E-state index contributed by atoms with van der Waals surface area (Å²) >= 11 is 0. The van der Waals surface area contributed by atoms with Gasteiger partial charge < -0.3 is 16.0 Å². The molecule has 3 heterocycles. The van der Waals surface area contributed by atoms with Crippen LogP contribution in [-0.2, 0) is 58.5 Å². The Morgan fingerprint density at radius 3 is 0.949 bits per heavy atom. The lowest BCUT2D eigenvalue weighted by Crippen LogP contribution is -2.24. The third-order valence-corrected chi connectivity index (χ3v) is 7.35. The molecule has 3 aromatic heterocycles. The van der Waals surface area contributed by atoms with Crippen molar-refractivity contribution < 1.29 is 0 Å². The Hall–Kier alpha value is -3.27. The van der Waals surface area contributed by atoms with Gasteiger partial charge in [-0.3, -0.25) is 15.3 Å². The molecule has 9 heteroatoms. The molecule has 4 rings (SSSR count). The Morgan fingerprint density at radius 1 is 0.462 bits per heavy atom. The Balaban J connectivity index is 1.63. The smallest absolute Gasteiger partial charge is 0.0762 e. The van der Waals surface area contributed by atoms with Gasteiger partial charge in [-0.2, -0.15) is 15.3 Å². The van der Waals surface area contributed by atoms with E-state index in [4.69, 9.17) is 0 Å². The Kier molecular flexibility index (Phi) is 10.1. The first kappa shape index (κ1) is 28.7. The lowest BCUT2D eigenvalue weighted by Gasteiger charge is -2.27. The number of hydrogen-bond donors (Lipinski definition) is 6. The lowest BCUT2D eigenvalue weighted by atomic mass is 9.83. The van der Waals surface area contributed by atoms with Crippen LogP contribution in [-0.4, -0.2) is 30.6 Å². The average Bonchev–Trinajstić information content (AvgIpc) is 3.65. The van der Waals surface area contributed by atoms with Gasteiger partial charge in [-0.1, -0.05) is 20.8 Å². The Bertz CT molecular complexity index is 1160. The van der Waals surface area contributed by atoms with Crippen molar-refractivity contribution in [3.05, 3.63) is 85.7 Å². The second-order valence-corrected chi connectivity index (χ2v) is 10.4. The number of nitrogens with one attached hydrogen (secondary N) is 6. The van der Waals surface area contributed by atoms with E-state index < -0.39 is 0 Å². The maximum atomic E-state index is 4.41. The van der Waals surface area contributed by atoms with Gasteiger partial charge in [0.2, 0.25) is 0 Å². The maximum absolute atomic E-state index is 4.41. The minimum atomic E-state index is 0.740. The van der Waals surface area contributed by atoms with Crippen molar-refractivity contribution in [1.29, 1.82) is 0 Å². The number of hydrogen-bond acceptors (Lipinski definition) is 6. The van der Waals surface area contributed by atoms with Crippen molar-refractivity contribution in [3.8, 4) is 0 Å². The number of aryl methyl sites for hydroxylation is 3. The van der Waals surface area contributed by atoms with Crippen LogP contribution in [0.3, 0.4) is 0 Å². The molecule has 1 aromatic carbocycles. The minimum Gasteiger partial charge on any atom is -0.307 e. The summed E-state index contributed by atoms with van der Waals surface area (Å²) in [4.78, 5) is 0. The number of nitrogens with zero attached hydrogens (tertiary/aromatic N) is 3. The summed E-state index contributed by atoms with van der Waals surface area (Å²) in [6.45, 7) is 17.7. The van der Waals surface area contributed by atoms with Crippen LogP contribution in [0.1, 0.15) is 88.3 Å². The van der Waals surface area contributed by atoms with E-state index in [0.717, 1.165) is 92.7 Å². The second kappa shape index (κ2) is 13.7. The number of aromatic amines is 3. The number of rotatable bonds is 15. The Labute approximate surface area is 232 Å². The van der Waals surface area contributed by atoms with Crippen LogP contribution in [0.15, 0.2) is 18.2 Å². The highest BCUT2D eigenvalue weighted by Gasteiger charge is 2.21. The molecule has 6 N–H and O–H groups in total. The van der Waals surface area contributed by atoms with Gasteiger partial charge in [0.05, 0.1) is 17.1 Å². The van der Waals surface area contributed by atoms with Gasteiger partial charge >= 0.3 is 0 Å². The van der Waals surface area contributed by atoms with E-state index >= 15 is 0 Å². The van der Waals surface area contributed by atoms with E-state index in [9.17, 15) is 0 Å². The van der Waals surface area contributed by atoms with Crippen LogP contribution in [0.4, 0.5) is 0 Å². The highest BCUT2D eigenvalue weighted by atomic mass is 15.1. The number of H-pyrrole nitrogens is 3. The van der Waals surface area contributed by atoms with Crippen LogP contribution in [0, 0.1) is 20.8 Å². The van der Waals surface area contributed by atoms with Crippen molar-refractivity contribution in [2.24, 2.45) is 0 Å². The van der Waals surface area contributed by atoms with Gasteiger partial charge in [0.1, 0.15) is 0 Å². The fourth-order valence-electron chi connectivity index (χ4n) is 5.66. The van der Waals surface area contributed by atoms with Gasteiger partial charge in [0, 0.05) is 56.4 Å². The summed E-state index contributed by atoms with van der Waals surface area (Å²) in [5, 5.41) is 33.5. The molecule has 0 unspecified atom stereocenters. The molecular formula is C30H45N9. The largest absolute Gasteiger partial charge is 0.307 e. The van der Waals surface area contributed by atoms with Crippen LogP contribution in [0.2, 0.25) is 0 Å². The fourth-order valence-corrected chi connectivity index (χ4v) is 5.66. The molecule has 0 saturated carbocycles. The zero-order valence-electron chi connectivity index (χ0n) is 24.4. The SMILES string of the molecule is CCc1c(CNCc2cc(C)[nH]n2)c(CC)c(CNCc2cc(C)[nH]n2)c(CC)c1CNCc1cc(C)[nH]n1. The highest BCUT2D eigenvalue weighted by molar-refractivity contribution is 5.52. The van der Waals surface area contributed by atoms with Gasteiger partial charge in [0.25, 0.3) is 0 Å². The molecule has 210 valence electrons. The standard InChI is InChI=1S/C30H45N9/c1-7-25-28(16-31-13-22-10-19(4)34-37-22)26(8-2)30(18-33-15-24-12-21(6)36-39-24)27(9-3)29(25)17-32-14-23-11-20(5)35-38-23/h10-12,31-33H,7-9,13-18H2,1-6H3,(H,34,37)(H,35,38)(H,36,39). The summed E-state index contributed by atoms with van der Waals surface area (Å²) in [7, 11) is 0. The van der Waals surface area contributed by atoms with E-state index in [-0.39, 0.29) is 0 Å². The topological polar surface area (TPSA) is 122 Å². The number of aromatic nitrogens is 6. The molecule has 0 amide bonds. The van der Waals surface area contributed by atoms with Crippen molar-refractivity contribution in [2.75, 3.05) is 0 Å². The molecule has 9 nitrogen and oxygen atoms in total. The molecule has 0 saturated heterocycles. The summed E-state index contributed by atoms with van der Waals surface area (Å²) in [6, 6.07) is 6.31. The molecule has 0 aliphatic heterocycles. The molecule has 0 aliphatic rings. The molecule has 0 bridgehead atoms. The molecule has 39 heavy (non-hydrogen) atoms. The fraction of sp³-hybridized carbons (Fsp3) is 0.500. The monoisotopic (exact) mass is 531 g/mol. The van der Waals surface area contributed by atoms with Crippen molar-refractivity contribution in [1.82, 2.24) is 46.5 Å². The quantitative estimate of drug-likeness (QED) is 0.136. The summed E-state index contributed by atoms with van der Waals surface area (Å²) < 4.78 is 0. The van der Waals surface area contributed by atoms with E-state index in [0.29, 0.717) is 0 Å². The van der Waals surface area contributed by atoms with Crippen LogP contribution in [0.25, 0.3) is 0 Å². The zero-order valence-corrected chi connectivity index (χ0v) is 24.4. The first-order valence-electron chi connectivity index (χ1n) is 14.2. The Morgan fingerprint density at radius 2 is 0.744 bits per heavy atom. The molecule has 4 aromatic rings. The first-order valence-corrected chi connectivity index (χ1v) is 14.2. The first-order chi connectivity index (χ1) is 18.9. The van der Waals surface area contributed by atoms with E-state index in [1.165, 1.54) is 33.4 Å². The predicted octanol–water partition coefficient (Wildman–Crippen LogP) is 4.34. The third kappa shape index (κ3) is 7.23. The predicted molar refractivity (Wildman–Crippen MR) is 156 cm³/mol. The lowest BCUT2D eigenvalue weighted by molar-refractivity contribution is 0.634. The molecule has 0 fully saturated rings. The maximum Gasteiger partial charge on any atom is 0.0762 e. The average molecular weight is 532 g/mol. The van der Waals surface area contributed by atoms with Crippen LogP contribution < -0.4 is 16.0 Å². The zero-order chi connectivity index (χ0) is 27.8.